The summed E-state index contributed by atoms with van der Waals surface area (Å²) >= 11 is 0. The summed E-state index contributed by atoms with van der Waals surface area (Å²) in [4.78, 5) is 0. The van der Waals surface area contributed by atoms with Crippen molar-refractivity contribution < 1.29 is 112 Å². The lowest BCUT2D eigenvalue weighted by Crippen LogP contribution is -3.07. The van der Waals surface area contributed by atoms with Crippen molar-refractivity contribution >= 4 is 158 Å². The molecule has 27 nitrogen and oxygen atoms in total. The first-order chi connectivity index (χ1) is 60.2. The molecule has 29 aliphatic rings. The van der Waals surface area contributed by atoms with Crippen LogP contribution in [0.1, 0.15) is 110 Å². The quantitative estimate of drug-likeness (QED) is 0.0811. The van der Waals surface area contributed by atoms with Crippen LogP contribution in [-0.2, 0) is 112 Å². The standard InChI is InChI=1S/C58H76O12Si8.C22H32O15Si10/c1-9-43-17-35(1)25-51(43)33-71-59-73(53-27-37-3-11-45(53)19-37)61-72(34-52-26-36-2-10-44(52)18-36)62-74(60-71,54-28-38-4-12-46(54)20-38)66-78(58-32-42-8-16-50(58)24-42)68-75(63-71,55-29-39-5-13-47(55)21-39)67-77(65-73,57-31-41-7-15-49(57)23-41)69-76(64-72,70-78)56-30-40-6-14-48(56)22-40;1-11-38-21-23-40(13-3)29-41(14-4,24-21)32-46(19-9)34-43(16-6)26-22(38)25-42(15-5,31-44(17-7,27-38)30-40)33-47(20-10,35-43)37-45(18-8,36-46)28-39(21,22)12-2/h1-16,35-58H,17-34H2;11-15,17-20H,1-5,7-10,16H2,6H3. The van der Waals surface area contributed by atoms with Crippen molar-refractivity contribution in [2.45, 2.75) is 171 Å². The molecular formula is C80H108O27Si18. The third kappa shape index (κ3) is 10.6. The first-order valence-electron chi connectivity index (χ1n) is 46.3. The van der Waals surface area contributed by atoms with Crippen molar-refractivity contribution in [1.29, 1.82) is 0 Å². The van der Waals surface area contributed by atoms with Crippen LogP contribution in [0.5, 0.6) is 0 Å². The largest absolute Gasteiger partial charge is 0.516 e. The predicted molar refractivity (Wildman–Crippen MR) is 483 cm³/mol. The average Bonchev–Trinajstić information content (AvgIpc) is 1.50. The number of hydrogen-bond donors (Lipinski definition) is 0. The summed E-state index contributed by atoms with van der Waals surface area (Å²) in [5.41, 5.74) is 12.8. The molecule has 16 aliphatic carbocycles. The fraction of sp³-hybridized carbons (Fsp3) is 0.575. The highest BCUT2D eigenvalue weighted by atomic mass is 28.6. The van der Waals surface area contributed by atoms with Gasteiger partial charge in [0.25, 0.3) is 0 Å². The van der Waals surface area contributed by atoms with E-state index in [1.165, 1.54) is 52.7 Å². The molecule has 8 saturated carbocycles. The van der Waals surface area contributed by atoms with Gasteiger partial charge in [-0.25, -0.2) is 0 Å². The molecule has 13 aliphatic heterocycles. The number of hydrogen-bond acceptors (Lipinski definition) is 27. The van der Waals surface area contributed by atoms with Gasteiger partial charge in [0.05, 0.1) is 0 Å². The monoisotopic (exact) mass is 2000 g/mol. The number of fused-ring (bicyclic) bond motifs is 24. The minimum atomic E-state index is -4.44. The van der Waals surface area contributed by atoms with E-state index in [-0.39, 0.29) is 74.8 Å². The highest BCUT2D eigenvalue weighted by Gasteiger charge is 3.07. The van der Waals surface area contributed by atoms with Crippen LogP contribution in [0.25, 0.3) is 0 Å². The van der Waals surface area contributed by atoms with Gasteiger partial charge < -0.3 is 112 Å². The summed E-state index contributed by atoms with van der Waals surface area (Å²) in [6.45, 7) is 38.9. The SMILES string of the molecule is C1=CC2CC1CC2C[Si]12O[Si]3(C4CC5C=CC4C5)O[Si]4(CC5CC6C=CC5C6)O[Si](C5CC6C=CC5C6)(O1)O[Si]1(C5CC6C=CC5C6)O[Si](C5CC6C=CC5C6)(O2)O[Si](C2CC5C=CC2C5)(O3)O[Si](C2CC3C=CC2C3)(O4)O1.C=C[Si]12OC34O[Si](C=C)(O1)O[Si]1(C=C)O[Si]5(C=C)OC6(O[Si]7(CC)O[Si](C=C)(O2)O[Si](C=C)(O[Si](C=C)(O5)O7)O[Si]36C=C)[Si]4(C=C)O1. The smallest absolute Gasteiger partial charge is 0.402 e. The molecule has 0 amide bonds. The van der Waals surface area contributed by atoms with Crippen molar-refractivity contribution in [3.8, 4) is 0 Å². The molecule has 0 aromatic carbocycles. The molecule has 0 aromatic heterocycles. The second-order valence-corrected chi connectivity index (χ2v) is 97.0. The van der Waals surface area contributed by atoms with Gasteiger partial charge in [0.2, 0.25) is 0 Å². The van der Waals surface area contributed by atoms with E-state index in [1.54, 1.807) is 11.4 Å². The molecule has 36 atom stereocenters. The van der Waals surface area contributed by atoms with E-state index in [2.05, 4.69) is 156 Å². The first kappa shape index (κ1) is 81.7. The Hall–Kier alpha value is -1.60. The van der Waals surface area contributed by atoms with Gasteiger partial charge in [-0.2, -0.15) is 0 Å². The van der Waals surface area contributed by atoms with Crippen molar-refractivity contribution in [3.05, 3.63) is 208 Å². The summed E-state index contributed by atoms with van der Waals surface area (Å²) in [6.07, 6.45) is 56.5. The second kappa shape index (κ2) is 26.4. The molecule has 13 saturated heterocycles. The predicted octanol–water partition coefficient (Wildman–Crippen LogP) is 13.8. The molecule has 0 aromatic rings. The van der Waals surface area contributed by atoms with Crippen LogP contribution in [0, 0.1) is 107 Å². The first-order valence-corrected chi connectivity index (χ1v) is 79.5. The van der Waals surface area contributed by atoms with E-state index >= 15 is 0 Å². The molecule has 29 rings (SSSR count). The zero-order valence-corrected chi connectivity index (χ0v) is 88.1. The van der Waals surface area contributed by atoms with Crippen LogP contribution in [-0.4, -0.2) is 168 Å². The van der Waals surface area contributed by atoms with Gasteiger partial charge in [0.1, 0.15) is 0 Å². The zero-order valence-electron chi connectivity index (χ0n) is 70.1. The van der Waals surface area contributed by atoms with Crippen LogP contribution in [0.4, 0.5) is 0 Å². The molecule has 35 bridgehead atoms. The summed E-state index contributed by atoms with van der Waals surface area (Å²) in [5.74, 6) is 6.50. The Labute approximate surface area is 749 Å². The average molecular weight is 2010 g/mol. The molecule has 125 heavy (non-hydrogen) atoms. The molecular weight excluding hydrogens is 1900 g/mol. The van der Waals surface area contributed by atoms with Gasteiger partial charge in [-0.3, -0.25) is 0 Å². The minimum Gasteiger partial charge on any atom is -0.402 e. The van der Waals surface area contributed by atoms with Crippen molar-refractivity contribution in [2.24, 2.45) is 107 Å². The lowest BCUT2D eigenvalue weighted by Gasteiger charge is -2.74. The highest BCUT2D eigenvalue weighted by molar-refractivity contribution is 7.25. The molecule has 662 valence electrons. The van der Waals surface area contributed by atoms with Crippen LogP contribution in [0.3, 0.4) is 0 Å². The van der Waals surface area contributed by atoms with E-state index in [4.69, 9.17) is 112 Å². The maximum Gasteiger partial charge on any atom is 0.516 e. The van der Waals surface area contributed by atoms with E-state index in [1.807, 2.05) is 6.92 Å². The van der Waals surface area contributed by atoms with Crippen molar-refractivity contribution in [1.82, 2.24) is 0 Å². The second-order valence-electron chi connectivity index (χ2n) is 41.4. The lowest BCUT2D eigenvalue weighted by atomic mass is 9.96. The molecule has 45 heteroatoms. The number of allylic oxidation sites excluding steroid dienone is 16. The minimum absolute atomic E-state index is 0.0413. The Morgan fingerprint density at radius 1 is 0.224 bits per heavy atom. The van der Waals surface area contributed by atoms with Crippen LogP contribution < -0.4 is 0 Å². The Bertz CT molecular complexity index is 4920. The fourth-order valence-electron chi connectivity index (χ4n) is 29.8. The third-order valence-electron chi connectivity index (χ3n) is 34.8. The molecule has 2 spiro atoms. The van der Waals surface area contributed by atoms with Gasteiger partial charge in [-0.1, -0.05) is 135 Å². The Morgan fingerprint density at radius 2 is 0.448 bits per heavy atom. The van der Waals surface area contributed by atoms with E-state index in [9.17, 15) is 0 Å². The fourth-order valence-corrected chi connectivity index (χ4v) is 145. The van der Waals surface area contributed by atoms with Gasteiger partial charge >= 0.3 is 158 Å². The van der Waals surface area contributed by atoms with E-state index in [0.717, 1.165) is 89.9 Å². The molecule has 21 fully saturated rings. The molecule has 0 N–H and O–H groups in total. The Kier molecular flexibility index (Phi) is 17.3. The van der Waals surface area contributed by atoms with Crippen LogP contribution in [0.2, 0.25) is 51.4 Å². The summed E-state index contributed by atoms with van der Waals surface area (Å²) in [6, 6.07) is 1.45. The summed E-state index contributed by atoms with van der Waals surface area (Å²) < 4.78 is 214. The van der Waals surface area contributed by atoms with Gasteiger partial charge in [-0.15, -0.1) is 39.5 Å². The van der Waals surface area contributed by atoms with Gasteiger partial charge in [0, 0.05) is 51.4 Å². The van der Waals surface area contributed by atoms with Gasteiger partial charge in [0.15, 0.2) is 10.1 Å². The normalized spacial score (nSPS) is 62.8. The van der Waals surface area contributed by atoms with E-state index < -0.39 is 168 Å². The lowest BCUT2D eigenvalue weighted by molar-refractivity contribution is -0.180. The van der Waals surface area contributed by atoms with Crippen molar-refractivity contribution in [2.75, 3.05) is 0 Å². The third-order valence-corrected chi connectivity index (χ3v) is 118. The Balaban J connectivity index is 0.000000146. The zero-order chi connectivity index (χ0) is 84.1. The molecule has 36 unspecified atom stereocenters. The maximum absolute atomic E-state index is 9.05. The topological polar surface area (TPSA) is 249 Å². The summed E-state index contributed by atoms with van der Waals surface area (Å²) in [7, 11) is -77.1. The summed E-state index contributed by atoms with van der Waals surface area (Å²) in [5, 5.41) is -3.92. The van der Waals surface area contributed by atoms with Crippen molar-refractivity contribution in [3.63, 3.8) is 0 Å². The maximum atomic E-state index is 9.05. The highest BCUT2D eigenvalue weighted by Crippen LogP contribution is 2.76. The van der Waals surface area contributed by atoms with Gasteiger partial charge in [-0.05, 0) is 249 Å². The molecule has 13 heterocycles. The van der Waals surface area contributed by atoms with Crippen LogP contribution in [0.15, 0.2) is 208 Å². The van der Waals surface area contributed by atoms with Crippen LogP contribution >= 0.6 is 0 Å². The number of rotatable bonds is 20. The Morgan fingerprint density at radius 3 is 0.672 bits per heavy atom. The molecule has 0 radical (unpaired) electrons. The van der Waals surface area contributed by atoms with E-state index in [0.29, 0.717) is 83.1 Å².